The topological polar surface area (TPSA) is 32.3 Å². The molecule has 1 fully saturated rings. The first-order valence-corrected chi connectivity index (χ1v) is 6.77. The third-order valence-corrected chi connectivity index (χ3v) is 3.61. The molecule has 3 nitrogen and oxygen atoms in total. The van der Waals surface area contributed by atoms with Crippen LogP contribution in [-0.4, -0.2) is 37.0 Å². The fourth-order valence-electron chi connectivity index (χ4n) is 2.56. The molecule has 2 rings (SSSR count). The highest BCUT2D eigenvalue weighted by atomic mass is 16.2. The third-order valence-electron chi connectivity index (χ3n) is 3.61. The highest BCUT2D eigenvalue weighted by Crippen LogP contribution is 2.27. The van der Waals surface area contributed by atoms with Crippen molar-refractivity contribution in [3.63, 3.8) is 0 Å². The molecule has 1 aromatic rings. The Kier molecular flexibility index (Phi) is 5.00. The fraction of sp³-hybridized carbons (Fsp3) is 0.438. The Morgan fingerprint density at radius 3 is 2.63 bits per heavy atom. The monoisotopic (exact) mass is 256 g/mol. The summed E-state index contributed by atoms with van der Waals surface area (Å²) in [6.45, 7) is 2.73. The quantitative estimate of drug-likeness (QED) is 0.830. The van der Waals surface area contributed by atoms with Gasteiger partial charge in [-0.15, -0.1) is 6.42 Å². The van der Waals surface area contributed by atoms with E-state index in [9.17, 15) is 4.79 Å². The minimum atomic E-state index is 0.0242. The molecule has 19 heavy (non-hydrogen) atoms. The van der Waals surface area contributed by atoms with Crippen molar-refractivity contribution in [1.29, 1.82) is 0 Å². The van der Waals surface area contributed by atoms with Crippen LogP contribution in [0.15, 0.2) is 30.3 Å². The molecule has 1 aromatic carbocycles. The highest BCUT2D eigenvalue weighted by molar-refractivity contribution is 5.78. The second kappa shape index (κ2) is 6.96. The van der Waals surface area contributed by atoms with Crippen LogP contribution in [0.3, 0.4) is 0 Å². The normalized spacial score (nSPS) is 16.8. The van der Waals surface area contributed by atoms with Crippen molar-refractivity contribution in [2.45, 2.75) is 18.8 Å². The van der Waals surface area contributed by atoms with E-state index in [-0.39, 0.29) is 5.91 Å². The molecule has 1 aliphatic heterocycles. The minimum Gasteiger partial charge on any atom is -0.344 e. The molecule has 1 amide bonds. The van der Waals surface area contributed by atoms with E-state index in [0.29, 0.717) is 19.0 Å². The molecule has 0 saturated carbocycles. The van der Waals surface area contributed by atoms with Crippen LogP contribution < -0.4 is 5.32 Å². The van der Waals surface area contributed by atoms with Crippen molar-refractivity contribution in [3.05, 3.63) is 35.9 Å². The lowest BCUT2D eigenvalue weighted by Gasteiger charge is -2.31. The smallest absolute Gasteiger partial charge is 0.234 e. The molecule has 0 aliphatic carbocycles. The van der Waals surface area contributed by atoms with E-state index in [4.69, 9.17) is 6.42 Å². The summed E-state index contributed by atoms with van der Waals surface area (Å²) in [6, 6.07) is 10.6. The van der Waals surface area contributed by atoms with Gasteiger partial charge in [-0.05, 0) is 37.4 Å². The minimum absolute atomic E-state index is 0.0242. The summed E-state index contributed by atoms with van der Waals surface area (Å²) in [5.74, 6) is 3.07. The number of carbonyl (C=O) groups is 1. The van der Waals surface area contributed by atoms with Gasteiger partial charge in [0.2, 0.25) is 5.91 Å². The lowest BCUT2D eigenvalue weighted by atomic mass is 9.89. The number of nitrogens with zero attached hydrogens (tertiary/aromatic N) is 1. The fourth-order valence-corrected chi connectivity index (χ4v) is 2.56. The Hall–Kier alpha value is -1.79. The molecule has 1 saturated heterocycles. The number of nitrogens with one attached hydrogen (secondary N) is 1. The zero-order valence-electron chi connectivity index (χ0n) is 11.1. The summed E-state index contributed by atoms with van der Waals surface area (Å²) in [5.41, 5.74) is 1.42. The van der Waals surface area contributed by atoms with E-state index in [1.807, 2.05) is 0 Å². The van der Waals surface area contributed by atoms with E-state index in [2.05, 4.69) is 46.5 Å². The van der Waals surface area contributed by atoms with Gasteiger partial charge < -0.3 is 5.32 Å². The standard InChI is InChI=1S/C16H20N2O/c1-2-10-17-16(19)13-18-11-8-15(9-12-18)14-6-4-3-5-7-14/h1,3-7,15H,8-13H2,(H,17,19). The van der Waals surface area contributed by atoms with Gasteiger partial charge in [-0.1, -0.05) is 36.3 Å². The zero-order chi connectivity index (χ0) is 13.5. The summed E-state index contributed by atoms with van der Waals surface area (Å²) in [5, 5.41) is 2.71. The maximum Gasteiger partial charge on any atom is 0.234 e. The van der Waals surface area contributed by atoms with Crippen LogP contribution >= 0.6 is 0 Å². The van der Waals surface area contributed by atoms with Gasteiger partial charge in [-0.2, -0.15) is 0 Å². The number of hydrogen-bond acceptors (Lipinski definition) is 2. The molecule has 1 heterocycles. The van der Waals surface area contributed by atoms with Crippen LogP contribution in [0.2, 0.25) is 0 Å². The van der Waals surface area contributed by atoms with Gasteiger partial charge in [0.15, 0.2) is 0 Å². The molecule has 0 radical (unpaired) electrons. The molecule has 1 N–H and O–H groups in total. The van der Waals surface area contributed by atoms with E-state index < -0.39 is 0 Å². The zero-order valence-corrected chi connectivity index (χ0v) is 11.1. The maximum atomic E-state index is 11.6. The summed E-state index contributed by atoms with van der Waals surface area (Å²) in [7, 11) is 0. The predicted molar refractivity (Wildman–Crippen MR) is 76.7 cm³/mol. The van der Waals surface area contributed by atoms with Crippen LogP contribution in [0, 0.1) is 12.3 Å². The first-order valence-electron chi connectivity index (χ1n) is 6.77. The maximum absolute atomic E-state index is 11.6. The number of rotatable bonds is 4. The van der Waals surface area contributed by atoms with E-state index in [1.165, 1.54) is 5.56 Å². The van der Waals surface area contributed by atoms with Gasteiger partial charge in [-0.3, -0.25) is 9.69 Å². The van der Waals surface area contributed by atoms with Gasteiger partial charge >= 0.3 is 0 Å². The summed E-state index contributed by atoms with van der Waals surface area (Å²) in [4.78, 5) is 13.8. The van der Waals surface area contributed by atoms with E-state index in [0.717, 1.165) is 25.9 Å². The Bertz CT molecular complexity index is 442. The second-order valence-corrected chi connectivity index (χ2v) is 4.94. The van der Waals surface area contributed by atoms with Crippen LogP contribution in [0.4, 0.5) is 0 Å². The SMILES string of the molecule is C#CCNC(=O)CN1CCC(c2ccccc2)CC1. The number of amides is 1. The highest BCUT2D eigenvalue weighted by Gasteiger charge is 2.21. The number of likely N-dealkylation sites (tertiary alicyclic amines) is 1. The van der Waals surface area contributed by atoms with Crippen LogP contribution in [0.5, 0.6) is 0 Å². The van der Waals surface area contributed by atoms with E-state index in [1.54, 1.807) is 0 Å². The van der Waals surface area contributed by atoms with Gasteiger partial charge in [0.25, 0.3) is 0 Å². The Morgan fingerprint density at radius 1 is 1.32 bits per heavy atom. The Labute approximate surface area is 115 Å². The van der Waals surface area contributed by atoms with Crippen molar-refractivity contribution in [2.75, 3.05) is 26.2 Å². The molecule has 3 heteroatoms. The first kappa shape index (κ1) is 13.6. The van der Waals surface area contributed by atoms with Crippen LogP contribution in [-0.2, 0) is 4.79 Å². The van der Waals surface area contributed by atoms with E-state index >= 15 is 0 Å². The van der Waals surface area contributed by atoms with Crippen molar-refractivity contribution < 1.29 is 4.79 Å². The average molecular weight is 256 g/mol. The Morgan fingerprint density at radius 2 is 2.00 bits per heavy atom. The van der Waals surface area contributed by atoms with Crippen molar-refractivity contribution in [3.8, 4) is 12.3 Å². The van der Waals surface area contributed by atoms with Crippen molar-refractivity contribution >= 4 is 5.91 Å². The lowest BCUT2D eigenvalue weighted by Crippen LogP contribution is -2.41. The van der Waals surface area contributed by atoms with Gasteiger partial charge in [0.1, 0.15) is 0 Å². The second-order valence-electron chi connectivity index (χ2n) is 4.94. The molecular formula is C16H20N2O. The number of piperidine rings is 1. The number of terminal acetylenes is 1. The number of hydrogen-bond donors (Lipinski definition) is 1. The molecular weight excluding hydrogens is 236 g/mol. The van der Waals surface area contributed by atoms with Gasteiger partial charge in [0, 0.05) is 0 Å². The summed E-state index contributed by atoms with van der Waals surface area (Å²) >= 11 is 0. The number of benzene rings is 1. The lowest BCUT2D eigenvalue weighted by molar-refractivity contribution is -0.122. The molecule has 100 valence electrons. The molecule has 0 spiro atoms. The summed E-state index contributed by atoms with van der Waals surface area (Å²) < 4.78 is 0. The first-order chi connectivity index (χ1) is 9.29. The third kappa shape index (κ3) is 4.11. The molecule has 0 aromatic heterocycles. The molecule has 1 aliphatic rings. The predicted octanol–water partition coefficient (Wildman–Crippen LogP) is 1.62. The van der Waals surface area contributed by atoms with Crippen LogP contribution in [0.25, 0.3) is 0 Å². The average Bonchev–Trinajstić information content (AvgIpc) is 2.47. The summed E-state index contributed by atoms with van der Waals surface area (Å²) in [6.07, 6.45) is 7.35. The van der Waals surface area contributed by atoms with Crippen molar-refractivity contribution in [1.82, 2.24) is 10.2 Å². The largest absolute Gasteiger partial charge is 0.344 e. The van der Waals surface area contributed by atoms with Crippen molar-refractivity contribution in [2.24, 2.45) is 0 Å². The number of carbonyl (C=O) groups excluding carboxylic acids is 1. The van der Waals surface area contributed by atoms with Crippen LogP contribution in [0.1, 0.15) is 24.3 Å². The molecule has 0 unspecified atom stereocenters. The molecule has 0 atom stereocenters. The van der Waals surface area contributed by atoms with Gasteiger partial charge in [0.05, 0.1) is 13.1 Å². The Balaban J connectivity index is 1.77. The molecule has 0 bridgehead atoms. The van der Waals surface area contributed by atoms with Gasteiger partial charge in [-0.25, -0.2) is 0 Å².